The second-order valence-electron chi connectivity index (χ2n) is 3.74. The van der Waals surface area contributed by atoms with E-state index in [2.05, 4.69) is 0 Å². The predicted molar refractivity (Wildman–Crippen MR) is 64.4 cm³/mol. The lowest BCUT2D eigenvalue weighted by molar-refractivity contribution is -0.673. The Labute approximate surface area is 100 Å². The first kappa shape index (κ1) is 11.3. The van der Waals surface area contributed by atoms with Gasteiger partial charge in [-0.15, -0.1) is 0 Å². The molecule has 17 heavy (non-hydrogen) atoms. The first-order chi connectivity index (χ1) is 8.24. The van der Waals surface area contributed by atoms with Gasteiger partial charge in [0.25, 0.3) is 5.69 Å². The number of benzene rings is 1. The molecule has 0 spiro atoms. The van der Waals surface area contributed by atoms with Crippen LogP contribution in [0.15, 0.2) is 48.7 Å². The summed E-state index contributed by atoms with van der Waals surface area (Å²) in [5, 5.41) is 0. The van der Waals surface area contributed by atoms with Crippen molar-refractivity contribution < 1.29 is 14.1 Å². The maximum atomic E-state index is 11.8. The number of carbonyl (C=O) groups excluding carboxylic acids is 1. The molecule has 0 radical (unpaired) electrons. The van der Waals surface area contributed by atoms with Crippen LogP contribution in [0.1, 0.15) is 10.5 Å². The van der Waals surface area contributed by atoms with E-state index in [1.165, 1.54) is 7.11 Å². The molecule has 0 fully saturated rings. The Morgan fingerprint density at radius 2 is 1.82 bits per heavy atom. The number of aromatic nitrogens is 1. The normalized spacial score (nSPS) is 10.0. The van der Waals surface area contributed by atoms with E-state index in [0.717, 1.165) is 11.1 Å². The summed E-state index contributed by atoms with van der Waals surface area (Å²) in [6.07, 6.45) is 1.83. The maximum Gasteiger partial charge on any atom is 0.404 e. The number of pyridine rings is 1. The molecule has 1 heterocycles. The van der Waals surface area contributed by atoms with E-state index in [4.69, 9.17) is 4.74 Å². The van der Waals surface area contributed by atoms with Gasteiger partial charge in [-0.05, 0) is 11.6 Å². The summed E-state index contributed by atoms with van der Waals surface area (Å²) in [5.41, 5.74) is 2.44. The summed E-state index contributed by atoms with van der Waals surface area (Å²) >= 11 is 0. The number of hydrogen-bond acceptors (Lipinski definition) is 2. The highest BCUT2D eigenvalue weighted by atomic mass is 16.5. The molecule has 0 saturated carbocycles. The van der Waals surface area contributed by atoms with Gasteiger partial charge in [-0.3, -0.25) is 0 Å². The molecule has 0 amide bonds. The number of rotatable bonds is 2. The van der Waals surface area contributed by atoms with Gasteiger partial charge < -0.3 is 4.74 Å². The third-order valence-electron chi connectivity index (χ3n) is 2.64. The molecule has 0 N–H and O–H groups in total. The van der Waals surface area contributed by atoms with Gasteiger partial charge in [0.05, 0.1) is 12.7 Å². The number of esters is 1. The third kappa shape index (κ3) is 2.18. The summed E-state index contributed by atoms with van der Waals surface area (Å²) in [6, 6.07) is 13.6. The van der Waals surface area contributed by atoms with Gasteiger partial charge >= 0.3 is 5.97 Å². The molecule has 0 bridgehead atoms. The van der Waals surface area contributed by atoms with Crippen LogP contribution in [0.4, 0.5) is 0 Å². The van der Waals surface area contributed by atoms with Crippen molar-refractivity contribution in [2.24, 2.45) is 7.05 Å². The van der Waals surface area contributed by atoms with Crippen LogP contribution in [0.3, 0.4) is 0 Å². The topological polar surface area (TPSA) is 30.2 Å². The lowest BCUT2D eigenvalue weighted by Crippen LogP contribution is -2.36. The molecule has 86 valence electrons. The number of ether oxygens (including phenoxy) is 1. The van der Waals surface area contributed by atoms with Crippen molar-refractivity contribution >= 4 is 5.97 Å². The summed E-state index contributed by atoms with van der Waals surface area (Å²) in [7, 11) is 3.22. The van der Waals surface area contributed by atoms with Gasteiger partial charge in [0.15, 0.2) is 6.20 Å². The third-order valence-corrected chi connectivity index (χ3v) is 2.64. The number of methoxy groups -OCH3 is 1. The number of carbonyl (C=O) groups is 1. The first-order valence-electron chi connectivity index (χ1n) is 5.36. The van der Waals surface area contributed by atoms with E-state index < -0.39 is 0 Å². The highest BCUT2D eigenvalue weighted by molar-refractivity contribution is 5.93. The Morgan fingerprint density at radius 1 is 1.12 bits per heavy atom. The smallest absolute Gasteiger partial charge is 0.404 e. The van der Waals surface area contributed by atoms with E-state index in [1.807, 2.05) is 55.7 Å². The van der Waals surface area contributed by atoms with Crippen LogP contribution in [0, 0.1) is 0 Å². The zero-order valence-electron chi connectivity index (χ0n) is 9.88. The van der Waals surface area contributed by atoms with Crippen molar-refractivity contribution in [1.29, 1.82) is 0 Å². The average molecular weight is 228 g/mol. The molecule has 1 aromatic heterocycles. The maximum absolute atomic E-state index is 11.8. The Hall–Kier alpha value is -2.16. The van der Waals surface area contributed by atoms with Crippen LogP contribution in [-0.2, 0) is 11.8 Å². The fraction of sp³-hybridized carbons (Fsp3) is 0.143. The predicted octanol–water partition coefficient (Wildman–Crippen LogP) is 1.96. The van der Waals surface area contributed by atoms with E-state index in [0.29, 0.717) is 5.69 Å². The minimum Gasteiger partial charge on any atom is -0.461 e. The molecule has 0 saturated heterocycles. The second kappa shape index (κ2) is 4.78. The van der Waals surface area contributed by atoms with Crippen molar-refractivity contribution in [2.75, 3.05) is 7.11 Å². The largest absolute Gasteiger partial charge is 0.461 e. The monoisotopic (exact) mass is 228 g/mol. The van der Waals surface area contributed by atoms with E-state index in [9.17, 15) is 4.79 Å². The Kier molecular flexibility index (Phi) is 3.19. The van der Waals surface area contributed by atoms with Crippen molar-refractivity contribution in [3.05, 3.63) is 54.4 Å². The van der Waals surface area contributed by atoms with E-state index >= 15 is 0 Å². The summed E-state index contributed by atoms with van der Waals surface area (Å²) in [4.78, 5) is 11.8. The van der Waals surface area contributed by atoms with Crippen LogP contribution in [0.2, 0.25) is 0 Å². The van der Waals surface area contributed by atoms with Crippen molar-refractivity contribution in [3.8, 4) is 11.1 Å². The quantitative estimate of drug-likeness (QED) is 0.581. The Morgan fingerprint density at radius 3 is 2.47 bits per heavy atom. The molecule has 3 nitrogen and oxygen atoms in total. The molecule has 3 heteroatoms. The molecule has 2 rings (SSSR count). The Bertz CT molecular complexity index is 535. The van der Waals surface area contributed by atoms with Gasteiger partial charge in [-0.25, -0.2) is 4.79 Å². The molecule has 2 aromatic rings. The SMILES string of the molecule is COC(=O)c1c(-c2ccccc2)ccc[n+]1C. The van der Waals surface area contributed by atoms with Gasteiger partial charge in [0, 0.05) is 6.07 Å². The standard InChI is InChI=1S/C14H14NO2/c1-15-10-6-9-12(13(15)14(16)17-2)11-7-4-3-5-8-11/h3-10H,1-2H3/q+1. The molecule has 0 aliphatic heterocycles. The molecular formula is C14H14NO2+. The molecule has 1 aromatic carbocycles. The fourth-order valence-electron chi connectivity index (χ4n) is 1.81. The first-order valence-corrected chi connectivity index (χ1v) is 5.36. The fourth-order valence-corrected chi connectivity index (χ4v) is 1.81. The molecular weight excluding hydrogens is 214 g/mol. The molecule has 0 aliphatic carbocycles. The van der Waals surface area contributed by atoms with Crippen molar-refractivity contribution in [2.45, 2.75) is 0 Å². The summed E-state index contributed by atoms with van der Waals surface area (Å²) < 4.78 is 6.59. The summed E-state index contributed by atoms with van der Waals surface area (Å²) in [6.45, 7) is 0. The van der Waals surface area contributed by atoms with Crippen molar-refractivity contribution in [1.82, 2.24) is 0 Å². The minimum absolute atomic E-state index is 0.327. The molecule has 0 atom stereocenters. The zero-order chi connectivity index (χ0) is 12.3. The van der Waals surface area contributed by atoms with Gasteiger partial charge in [0.1, 0.15) is 7.05 Å². The lowest BCUT2D eigenvalue weighted by atomic mass is 10.0. The Balaban J connectivity index is 2.62. The van der Waals surface area contributed by atoms with Crippen molar-refractivity contribution in [3.63, 3.8) is 0 Å². The number of hydrogen-bond donors (Lipinski definition) is 0. The van der Waals surface area contributed by atoms with Crippen LogP contribution >= 0.6 is 0 Å². The van der Waals surface area contributed by atoms with E-state index in [1.54, 1.807) is 4.57 Å². The van der Waals surface area contributed by atoms with E-state index in [-0.39, 0.29) is 5.97 Å². The minimum atomic E-state index is -0.327. The lowest BCUT2D eigenvalue weighted by Gasteiger charge is -2.05. The van der Waals surface area contributed by atoms with Crippen LogP contribution in [-0.4, -0.2) is 13.1 Å². The highest BCUT2D eigenvalue weighted by Crippen LogP contribution is 2.21. The van der Waals surface area contributed by atoms with Gasteiger partial charge in [-0.2, -0.15) is 4.57 Å². The van der Waals surface area contributed by atoms with Gasteiger partial charge in [0.2, 0.25) is 0 Å². The van der Waals surface area contributed by atoms with Gasteiger partial charge in [-0.1, -0.05) is 30.3 Å². The van der Waals surface area contributed by atoms with Crippen LogP contribution in [0.25, 0.3) is 11.1 Å². The van der Waals surface area contributed by atoms with Crippen LogP contribution < -0.4 is 4.57 Å². The second-order valence-corrected chi connectivity index (χ2v) is 3.74. The number of nitrogens with zero attached hydrogens (tertiary/aromatic N) is 1. The highest BCUT2D eigenvalue weighted by Gasteiger charge is 2.23. The average Bonchev–Trinajstić information content (AvgIpc) is 2.38. The van der Waals surface area contributed by atoms with Crippen LogP contribution in [0.5, 0.6) is 0 Å². The molecule has 0 unspecified atom stereocenters. The zero-order valence-corrected chi connectivity index (χ0v) is 9.88. The molecule has 0 aliphatic rings. The summed E-state index contributed by atoms with van der Waals surface area (Å²) in [5.74, 6) is -0.327. The number of aryl methyl sites for hydroxylation is 1.